The van der Waals surface area contributed by atoms with Crippen molar-refractivity contribution in [2.24, 2.45) is 0 Å². The number of ether oxygens (including phenoxy) is 1. The van der Waals surface area contributed by atoms with Crippen molar-refractivity contribution in [3.63, 3.8) is 0 Å². The van der Waals surface area contributed by atoms with Crippen molar-refractivity contribution in [1.29, 1.82) is 0 Å². The molecule has 2 rings (SSSR count). The van der Waals surface area contributed by atoms with Gasteiger partial charge in [0.1, 0.15) is 6.04 Å². The maximum absolute atomic E-state index is 12.3. The van der Waals surface area contributed by atoms with Crippen molar-refractivity contribution in [2.45, 2.75) is 43.9 Å². The molecule has 2 heterocycles. The summed E-state index contributed by atoms with van der Waals surface area (Å²) in [6.07, 6.45) is 2.41. The highest BCUT2D eigenvalue weighted by atomic mass is 16.5. The second kappa shape index (κ2) is 6.41. The van der Waals surface area contributed by atoms with E-state index in [4.69, 9.17) is 9.84 Å². The maximum Gasteiger partial charge on any atom is 0.326 e. The topological polar surface area (TPSA) is 90.3 Å². The Hall–Kier alpha value is -1.34. The molecular formula is C13H22N2O5. The van der Waals surface area contributed by atoms with Crippen LogP contribution in [0.4, 0.5) is 4.79 Å². The SMILES string of the molecule is CN(CC1CCCCO1)C(=O)N1C[C@@H](O)C[C@H]1C(=O)O. The summed E-state index contributed by atoms with van der Waals surface area (Å²) in [7, 11) is 1.64. The highest BCUT2D eigenvalue weighted by Crippen LogP contribution is 2.20. The van der Waals surface area contributed by atoms with Gasteiger partial charge in [0.05, 0.1) is 12.2 Å². The summed E-state index contributed by atoms with van der Waals surface area (Å²) in [5.41, 5.74) is 0. The van der Waals surface area contributed by atoms with Crippen LogP contribution in [0.15, 0.2) is 0 Å². The third kappa shape index (κ3) is 3.40. The average molecular weight is 286 g/mol. The number of hydrogen-bond acceptors (Lipinski definition) is 4. The Kier molecular flexibility index (Phi) is 4.82. The van der Waals surface area contributed by atoms with Gasteiger partial charge in [-0.3, -0.25) is 0 Å². The molecule has 2 amide bonds. The van der Waals surface area contributed by atoms with Crippen LogP contribution in [0.2, 0.25) is 0 Å². The Balaban J connectivity index is 1.93. The van der Waals surface area contributed by atoms with Crippen molar-refractivity contribution in [1.82, 2.24) is 9.80 Å². The number of hydrogen-bond donors (Lipinski definition) is 2. The summed E-state index contributed by atoms with van der Waals surface area (Å²) in [6.45, 7) is 1.25. The zero-order chi connectivity index (χ0) is 14.7. The third-order valence-corrected chi connectivity index (χ3v) is 3.89. The van der Waals surface area contributed by atoms with Crippen LogP contribution < -0.4 is 0 Å². The average Bonchev–Trinajstić information content (AvgIpc) is 2.81. The van der Waals surface area contributed by atoms with Crippen LogP contribution in [0.5, 0.6) is 0 Å². The molecule has 0 spiro atoms. The molecule has 3 atom stereocenters. The van der Waals surface area contributed by atoms with Crippen molar-refractivity contribution >= 4 is 12.0 Å². The molecule has 0 radical (unpaired) electrons. The zero-order valence-corrected chi connectivity index (χ0v) is 11.7. The number of likely N-dealkylation sites (N-methyl/N-ethyl adjacent to an activating group) is 1. The number of amides is 2. The third-order valence-electron chi connectivity index (χ3n) is 3.89. The van der Waals surface area contributed by atoms with E-state index in [1.165, 1.54) is 9.80 Å². The Morgan fingerprint density at radius 2 is 2.15 bits per heavy atom. The predicted octanol–water partition coefficient (Wildman–Crippen LogP) is 0.127. The normalized spacial score (nSPS) is 30.3. The highest BCUT2D eigenvalue weighted by Gasteiger charge is 2.40. The number of rotatable bonds is 3. The van der Waals surface area contributed by atoms with E-state index in [1.54, 1.807) is 7.05 Å². The minimum atomic E-state index is -1.07. The van der Waals surface area contributed by atoms with Gasteiger partial charge in [0, 0.05) is 33.2 Å². The molecule has 2 saturated heterocycles. The van der Waals surface area contributed by atoms with E-state index in [-0.39, 0.29) is 25.1 Å². The fraction of sp³-hybridized carbons (Fsp3) is 0.846. The first-order valence-electron chi connectivity index (χ1n) is 7.03. The molecule has 2 aliphatic rings. The Morgan fingerprint density at radius 1 is 1.40 bits per heavy atom. The molecule has 1 unspecified atom stereocenters. The number of β-amino-alcohol motifs (C(OH)–C–C–N with tert-alkyl or cyclic N) is 1. The lowest BCUT2D eigenvalue weighted by Crippen LogP contribution is -2.49. The molecule has 7 nitrogen and oxygen atoms in total. The highest BCUT2D eigenvalue weighted by molar-refractivity contribution is 5.83. The van der Waals surface area contributed by atoms with Gasteiger partial charge in [-0.05, 0) is 19.3 Å². The standard InChI is InChI=1S/C13H22N2O5/c1-14(8-10-4-2-3-5-20-10)13(19)15-7-9(16)6-11(15)12(17)18/h9-11,16H,2-8H2,1H3,(H,17,18)/t9-,10?,11-/m0/s1. The Bertz CT molecular complexity index is 370. The summed E-state index contributed by atoms with van der Waals surface area (Å²) in [4.78, 5) is 26.1. The first kappa shape index (κ1) is 15.1. The molecule has 2 N–H and O–H groups in total. The minimum absolute atomic E-state index is 0.0218. The fourth-order valence-electron chi connectivity index (χ4n) is 2.81. The van der Waals surface area contributed by atoms with Gasteiger partial charge in [0.25, 0.3) is 0 Å². The zero-order valence-electron chi connectivity index (χ0n) is 11.7. The Labute approximate surface area is 118 Å². The number of aliphatic hydroxyl groups is 1. The monoisotopic (exact) mass is 286 g/mol. The van der Waals surface area contributed by atoms with E-state index in [2.05, 4.69) is 0 Å². The summed E-state index contributed by atoms with van der Waals surface area (Å²) in [5.74, 6) is -1.07. The van der Waals surface area contributed by atoms with Crippen molar-refractivity contribution in [3.8, 4) is 0 Å². The predicted molar refractivity (Wildman–Crippen MR) is 70.4 cm³/mol. The molecule has 20 heavy (non-hydrogen) atoms. The first-order chi connectivity index (χ1) is 9.49. The number of carbonyl (C=O) groups is 2. The molecule has 0 saturated carbocycles. The van der Waals surface area contributed by atoms with Crippen LogP contribution in [0, 0.1) is 0 Å². The number of urea groups is 1. The quantitative estimate of drug-likeness (QED) is 0.769. The molecule has 2 fully saturated rings. The van der Waals surface area contributed by atoms with Gasteiger partial charge in [-0.1, -0.05) is 0 Å². The van der Waals surface area contributed by atoms with Crippen LogP contribution in [-0.2, 0) is 9.53 Å². The number of likely N-dealkylation sites (tertiary alicyclic amines) is 1. The molecule has 7 heteroatoms. The number of aliphatic carboxylic acids is 1. The maximum atomic E-state index is 12.3. The van der Waals surface area contributed by atoms with Gasteiger partial charge in [-0.15, -0.1) is 0 Å². The molecule has 2 aliphatic heterocycles. The number of aliphatic hydroxyl groups excluding tert-OH is 1. The molecule has 0 aromatic carbocycles. The number of carbonyl (C=O) groups excluding carboxylic acids is 1. The smallest absolute Gasteiger partial charge is 0.326 e. The summed E-state index contributed by atoms with van der Waals surface area (Å²) in [5, 5.41) is 18.7. The summed E-state index contributed by atoms with van der Waals surface area (Å²) in [6, 6.07) is -1.30. The lowest BCUT2D eigenvalue weighted by Gasteiger charge is -2.31. The lowest BCUT2D eigenvalue weighted by atomic mass is 10.1. The molecule has 0 aromatic rings. The molecule has 0 bridgehead atoms. The number of nitrogens with zero attached hydrogens (tertiary/aromatic N) is 2. The second-order valence-electron chi connectivity index (χ2n) is 5.55. The van der Waals surface area contributed by atoms with E-state index in [9.17, 15) is 14.7 Å². The Morgan fingerprint density at radius 3 is 2.75 bits per heavy atom. The van der Waals surface area contributed by atoms with E-state index >= 15 is 0 Å². The van der Waals surface area contributed by atoms with Crippen molar-refractivity contribution in [3.05, 3.63) is 0 Å². The first-order valence-corrected chi connectivity index (χ1v) is 7.03. The van der Waals surface area contributed by atoms with E-state index < -0.39 is 18.1 Å². The number of carboxylic acid groups (broad SMARTS) is 1. The van der Waals surface area contributed by atoms with E-state index in [0.29, 0.717) is 13.2 Å². The van der Waals surface area contributed by atoms with Gasteiger partial charge in [0.15, 0.2) is 0 Å². The van der Waals surface area contributed by atoms with Crippen LogP contribution in [0.25, 0.3) is 0 Å². The van der Waals surface area contributed by atoms with Crippen LogP contribution in [0.1, 0.15) is 25.7 Å². The minimum Gasteiger partial charge on any atom is -0.480 e. The summed E-state index contributed by atoms with van der Waals surface area (Å²) >= 11 is 0. The number of carboxylic acids is 1. The molecular weight excluding hydrogens is 264 g/mol. The van der Waals surface area contributed by atoms with E-state index in [1.807, 2.05) is 0 Å². The van der Waals surface area contributed by atoms with Gasteiger partial charge in [-0.2, -0.15) is 0 Å². The van der Waals surface area contributed by atoms with Gasteiger partial charge < -0.3 is 24.7 Å². The van der Waals surface area contributed by atoms with Crippen LogP contribution in [0.3, 0.4) is 0 Å². The second-order valence-corrected chi connectivity index (χ2v) is 5.55. The fourth-order valence-corrected chi connectivity index (χ4v) is 2.81. The lowest BCUT2D eigenvalue weighted by molar-refractivity contribution is -0.141. The molecule has 114 valence electrons. The molecule has 0 aromatic heterocycles. The van der Waals surface area contributed by atoms with Gasteiger partial charge >= 0.3 is 12.0 Å². The van der Waals surface area contributed by atoms with Gasteiger partial charge in [0.2, 0.25) is 0 Å². The van der Waals surface area contributed by atoms with Crippen LogP contribution >= 0.6 is 0 Å². The summed E-state index contributed by atoms with van der Waals surface area (Å²) < 4.78 is 5.58. The van der Waals surface area contributed by atoms with Crippen molar-refractivity contribution in [2.75, 3.05) is 26.7 Å². The largest absolute Gasteiger partial charge is 0.480 e. The van der Waals surface area contributed by atoms with E-state index in [0.717, 1.165) is 19.3 Å². The van der Waals surface area contributed by atoms with Crippen molar-refractivity contribution < 1.29 is 24.5 Å². The van der Waals surface area contributed by atoms with Crippen LogP contribution in [-0.4, -0.2) is 77.0 Å². The van der Waals surface area contributed by atoms with Gasteiger partial charge in [-0.25, -0.2) is 9.59 Å². The molecule has 0 aliphatic carbocycles.